The Morgan fingerprint density at radius 3 is 2.42 bits per heavy atom. The molecule has 2 aliphatic rings. The lowest BCUT2D eigenvalue weighted by molar-refractivity contribution is -0.161. The molecule has 2 aliphatic heterocycles. The van der Waals surface area contributed by atoms with Gasteiger partial charge in [0.1, 0.15) is 5.60 Å². The maximum Gasteiger partial charge on any atom is 0.410 e. The number of carbonyl (C=O) groups is 1. The summed E-state index contributed by atoms with van der Waals surface area (Å²) in [5.41, 5.74) is 5.24. The van der Waals surface area contributed by atoms with Crippen LogP contribution in [0.15, 0.2) is 0 Å². The summed E-state index contributed by atoms with van der Waals surface area (Å²) in [7, 11) is 0. The van der Waals surface area contributed by atoms with E-state index in [1.165, 1.54) is 0 Å². The fourth-order valence-electron chi connectivity index (χ4n) is 2.63. The van der Waals surface area contributed by atoms with Crippen molar-refractivity contribution < 1.29 is 14.3 Å². The number of ether oxygens (including phenoxy) is 2. The van der Waals surface area contributed by atoms with Gasteiger partial charge in [-0.25, -0.2) is 4.79 Å². The van der Waals surface area contributed by atoms with Crippen molar-refractivity contribution in [3.8, 4) is 0 Å². The largest absolute Gasteiger partial charge is 0.444 e. The molecule has 2 N–H and O–H groups in total. The van der Waals surface area contributed by atoms with Crippen molar-refractivity contribution in [3.63, 3.8) is 0 Å². The molecule has 0 bridgehead atoms. The first-order valence-corrected chi connectivity index (χ1v) is 6.99. The van der Waals surface area contributed by atoms with Gasteiger partial charge in [-0.2, -0.15) is 0 Å². The van der Waals surface area contributed by atoms with Crippen LogP contribution < -0.4 is 5.73 Å². The summed E-state index contributed by atoms with van der Waals surface area (Å²) in [6, 6.07) is 0. The fraction of sp³-hybridized carbons (Fsp3) is 0.929. The minimum Gasteiger partial charge on any atom is -0.444 e. The van der Waals surface area contributed by atoms with Crippen LogP contribution in [0.3, 0.4) is 0 Å². The Morgan fingerprint density at radius 1 is 1.37 bits per heavy atom. The second-order valence-corrected chi connectivity index (χ2v) is 7.28. The summed E-state index contributed by atoms with van der Waals surface area (Å²) in [6.07, 6.45) is 1.82. The second kappa shape index (κ2) is 4.63. The zero-order chi connectivity index (χ0) is 14.3. The third-order valence-electron chi connectivity index (χ3n) is 4.05. The lowest BCUT2D eigenvalue weighted by atomic mass is 9.72. The number of amides is 1. The molecule has 2 fully saturated rings. The number of carbonyl (C=O) groups excluding carboxylic acids is 1. The predicted octanol–water partition coefficient (Wildman–Crippen LogP) is 1.75. The molecule has 0 aromatic carbocycles. The summed E-state index contributed by atoms with van der Waals surface area (Å²) in [5, 5.41) is 0. The smallest absolute Gasteiger partial charge is 0.410 e. The normalized spacial score (nSPS) is 30.1. The molecule has 5 heteroatoms. The first kappa shape index (κ1) is 14.6. The van der Waals surface area contributed by atoms with E-state index in [-0.39, 0.29) is 17.1 Å². The molecule has 110 valence electrons. The lowest BCUT2D eigenvalue weighted by Gasteiger charge is -2.54. The van der Waals surface area contributed by atoms with Crippen LogP contribution in [0.1, 0.15) is 40.5 Å². The van der Waals surface area contributed by atoms with Gasteiger partial charge in [-0.1, -0.05) is 0 Å². The molecule has 19 heavy (non-hydrogen) atoms. The summed E-state index contributed by atoms with van der Waals surface area (Å²) in [4.78, 5) is 13.7. The van der Waals surface area contributed by atoms with Gasteiger partial charge in [-0.15, -0.1) is 0 Å². The summed E-state index contributed by atoms with van der Waals surface area (Å²) >= 11 is 0. The highest BCUT2D eigenvalue weighted by Gasteiger charge is 2.50. The molecule has 2 heterocycles. The lowest BCUT2D eigenvalue weighted by Crippen LogP contribution is -2.64. The first-order chi connectivity index (χ1) is 8.67. The molecule has 1 unspecified atom stereocenters. The van der Waals surface area contributed by atoms with Crippen molar-refractivity contribution in [2.75, 3.05) is 26.2 Å². The molecule has 0 saturated carbocycles. The number of nitrogens with zero attached hydrogens (tertiary/aromatic N) is 1. The molecule has 1 atom stereocenters. The molecule has 0 aromatic rings. The average Bonchev–Trinajstić information content (AvgIpc) is 2.25. The molecule has 2 saturated heterocycles. The quantitative estimate of drug-likeness (QED) is 0.788. The van der Waals surface area contributed by atoms with E-state index in [9.17, 15) is 4.79 Å². The zero-order valence-electron chi connectivity index (χ0n) is 12.5. The number of hydrogen-bond donors (Lipinski definition) is 1. The van der Waals surface area contributed by atoms with E-state index in [0.29, 0.717) is 13.2 Å². The van der Waals surface area contributed by atoms with Crippen molar-refractivity contribution in [1.82, 2.24) is 4.90 Å². The highest BCUT2D eigenvalue weighted by molar-refractivity contribution is 5.69. The highest BCUT2D eigenvalue weighted by Crippen LogP contribution is 2.42. The topological polar surface area (TPSA) is 64.8 Å². The Labute approximate surface area is 115 Å². The van der Waals surface area contributed by atoms with Crippen molar-refractivity contribution >= 4 is 6.09 Å². The van der Waals surface area contributed by atoms with Crippen molar-refractivity contribution in [2.24, 2.45) is 11.1 Å². The van der Waals surface area contributed by atoms with Crippen LogP contribution in [0.4, 0.5) is 4.79 Å². The molecule has 0 aromatic heterocycles. The third-order valence-corrected chi connectivity index (χ3v) is 4.05. The van der Waals surface area contributed by atoms with Crippen LogP contribution in [0.2, 0.25) is 0 Å². The molecular formula is C14H26N2O3. The van der Waals surface area contributed by atoms with E-state index in [1.54, 1.807) is 4.90 Å². The Bertz CT molecular complexity index is 346. The van der Waals surface area contributed by atoms with Crippen LogP contribution in [-0.4, -0.2) is 48.4 Å². The van der Waals surface area contributed by atoms with Gasteiger partial charge in [0.15, 0.2) is 0 Å². The third kappa shape index (κ3) is 3.20. The molecule has 2 rings (SSSR count). The Morgan fingerprint density at radius 2 is 2.00 bits per heavy atom. The van der Waals surface area contributed by atoms with E-state index in [0.717, 1.165) is 25.9 Å². The molecule has 1 amide bonds. The van der Waals surface area contributed by atoms with Crippen molar-refractivity contribution in [1.29, 1.82) is 0 Å². The first-order valence-electron chi connectivity index (χ1n) is 6.99. The van der Waals surface area contributed by atoms with Crippen LogP contribution in [0.25, 0.3) is 0 Å². The van der Waals surface area contributed by atoms with Crippen LogP contribution >= 0.6 is 0 Å². The minimum atomic E-state index is -0.430. The number of nitrogens with two attached hydrogens (primary N) is 1. The van der Waals surface area contributed by atoms with Gasteiger partial charge in [0.2, 0.25) is 0 Å². The monoisotopic (exact) mass is 270 g/mol. The summed E-state index contributed by atoms with van der Waals surface area (Å²) < 4.78 is 11.3. The van der Waals surface area contributed by atoms with Gasteiger partial charge >= 0.3 is 6.09 Å². The molecule has 1 spiro atoms. The van der Waals surface area contributed by atoms with Gasteiger partial charge in [0, 0.05) is 25.0 Å². The number of hydrogen-bond acceptors (Lipinski definition) is 4. The van der Waals surface area contributed by atoms with Gasteiger partial charge in [-0.3, -0.25) is 0 Å². The van der Waals surface area contributed by atoms with Gasteiger partial charge in [-0.05, 0) is 40.5 Å². The van der Waals surface area contributed by atoms with Crippen LogP contribution in [0.5, 0.6) is 0 Å². The van der Waals surface area contributed by atoms with Crippen molar-refractivity contribution in [2.45, 2.75) is 51.7 Å². The van der Waals surface area contributed by atoms with Crippen LogP contribution in [-0.2, 0) is 9.47 Å². The summed E-state index contributed by atoms with van der Waals surface area (Å²) in [6.45, 7) is 10.4. The number of rotatable bonds is 1. The standard InChI is InChI=1S/C14H26N2O3/c1-12(2,3)19-11(17)16-8-14(9-16)6-5-13(4,7-15)18-10-14/h5-10,15H2,1-4H3. The van der Waals surface area contributed by atoms with Gasteiger partial charge in [0.05, 0.1) is 12.2 Å². The second-order valence-electron chi connectivity index (χ2n) is 7.28. The minimum absolute atomic E-state index is 0.131. The molecule has 0 aliphatic carbocycles. The van der Waals surface area contributed by atoms with E-state index < -0.39 is 5.60 Å². The predicted molar refractivity (Wildman–Crippen MR) is 72.9 cm³/mol. The van der Waals surface area contributed by atoms with Crippen molar-refractivity contribution in [3.05, 3.63) is 0 Å². The van der Waals surface area contributed by atoms with Gasteiger partial charge in [0.25, 0.3) is 0 Å². The average molecular weight is 270 g/mol. The highest BCUT2D eigenvalue weighted by atomic mass is 16.6. The van der Waals surface area contributed by atoms with E-state index in [2.05, 4.69) is 6.92 Å². The molecule has 0 radical (unpaired) electrons. The Kier molecular flexibility index (Phi) is 3.56. The maximum absolute atomic E-state index is 11.9. The maximum atomic E-state index is 11.9. The Hall–Kier alpha value is -0.810. The van der Waals surface area contributed by atoms with Gasteiger partial charge < -0.3 is 20.1 Å². The van der Waals surface area contributed by atoms with E-state index >= 15 is 0 Å². The van der Waals surface area contributed by atoms with E-state index in [1.807, 2.05) is 20.8 Å². The SMILES string of the molecule is CC(C)(C)OC(=O)N1CC2(CCC(C)(CN)OC2)C1. The Balaban J connectivity index is 1.82. The number of likely N-dealkylation sites (tertiary alicyclic amines) is 1. The van der Waals surface area contributed by atoms with E-state index in [4.69, 9.17) is 15.2 Å². The molecule has 5 nitrogen and oxygen atoms in total. The molecular weight excluding hydrogens is 244 g/mol. The van der Waals surface area contributed by atoms with Crippen LogP contribution in [0, 0.1) is 5.41 Å². The fourth-order valence-corrected chi connectivity index (χ4v) is 2.63. The summed E-state index contributed by atoms with van der Waals surface area (Å²) in [5.74, 6) is 0. The zero-order valence-corrected chi connectivity index (χ0v) is 12.5.